The molecule has 0 aliphatic heterocycles. The maximum atomic E-state index is 13.2. The second-order valence-electron chi connectivity index (χ2n) is 8.27. The van der Waals surface area contributed by atoms with Crippen molar-refractivity contribution >= 4 is 79.4 Å². The Labute approximate surface area is 226 Å². The molecule has 4 rings (SSSR count). The SMILES string of the molecule is CS(=O)(=O)c1ccc(NC(=O)[C@@H]2[C@@H](c3cc(Cl)cc(Cl)c3)C2(Cl)Cl)cc1C(=O)Nc1ccc(F)cc1. The summed E-state index contributed by atoms with van der Waals surface area (Å²) in [6, 6.07) is 13.5. The molecule has 3 aromatic rings. The van der Waals surface area contributed by atoms with Gasteiger partial charge in [-0.15, -0.1) is 23.2 Å². The van der Waals surface area contributed by atoms with Crippen LogP contribution < -0.4 is 10.6 Å². The van der Waals surface area contributed by atoms with Gasteiger partial charge in [0, 0.05) is 33.6 Å². The molecule has 1 aliphatic carbocycles. The molecule has 2 atom stereocenters. The van der Waals surface area contributed by atoms with Crippen LogP contribution in [0.3, 0.4) is 0 Å². The summed E-state index contributed by atoms with van der Waals surface area (Å²) in [4.78, 5) is 25.7. The zero-order valence-electron chi connectivity index (χ0n) is 18.4. The van der Waals surface area contributed by atoms with Crippen molar-refractivity contribution in [2.75, 3.05) is 16.9 Å². The van der Waals surface area contributed by atoms with E-state index in [1.165, 1.54) is 36.4 Å². The van der Waals surface area contributed by atoms with Gasteiger partial charge in [-0.1, -0.05) is 23.2 Å². The molecule has 3 aromatic carbocycles. The molecule has 0 bridgehead atoms. The third kappa shape index (κ3) is 5.63. The molecule has 1 aliphatic rings. The van der Waals surface area contributed by atoms with Crippen molar-refractivity contribution in [2.24, 2.45) is 5.92 Å². The van der Waals surface area contributed by atoms with Crippen LogP contribution in [0.4, 0.5) is 15.8 Å². The first kappa shape index (κ1) is 26.7. The number of sulfone groups is 1. The summed E-state index contributed by atoms with van der Waals surface area (Å²) in [7, 11) is -3.80. The van der Waals surface area contributed by atoms with Crippen molar-refractivity contribution < 1.29 is 22.4 Å². The number of rotatable bonds is 6. The first-order valence-electron chi connectivity index (χ1n) is 10.3. The fraction of sp³-hybridized carbons (Fsp3) is 0.167. The van der Waals surface area contributed by atoms with Crippen LogP contribution in [0.5, 0.6) is 0 Å². The van der Waals surface area contributed by atoms with Crippen molar-refractivity contribution in [2.45, 2.75) is 15.1 Å². The molecule has 188 valence electrons. The third-order valence-electron chi connectivity index (χ3n) is 5.57. The lowest BCUT2D eigenvalue weighted by Crippen LogP contribution is -2.19. The molecule has 2 amide bonds. The van der Waals surface area contributed by atoms with Crippen LogP contribution >= 0.6 is 46.4 Å². The Kier molecular flexibility index (Phi) is 7.29. The Balaban J connectivity index is 1.60. The summed E-state index contributed by atoms with van der Waals surface area (Å²) >= 11 is 24.9. The number of halogens is 5. The molecule has 0 aromatic heterocycles. The fourth-order valence-electron chi connectivity index (χ4n) is 3.88. The number of hydrogen-bond acceptors (Lipinski definition) is 4. The third-order valence-corrected chi connectivity index (χ3v) is 8.11. The highest BCUT2D eigenvalue weighted by Gasteiger charge is 2.67. The molecule has 0 unspecified atom stereocenters. The average Bonchev–Trinajstić information content (AvgIpc) is 3.36. The maximum absolute atomic E-state index is 13.2. The minimum atomic E-state index is -3.80. The van der Waals surface area contributed by atoms with Gasteiger partial charge >= 0.3 is 0 Å². The smallest absolute Gasteiger partial charge is 0.257 e. The second-order valence-corrected chi connectivity index (χ2v) is 12.6. The zero-order valence-corrected chi connectivity index (χ0v) is 22.2. The van der Waals surface area contributed by atoms with Gasteiger partial charge in [0.25, 0.3) is 5.91 Å². The number of carbonyl (C=O) groups excluding carboxylic acids is 2. The quantitative estimate of drug-likeness (QED) is 0.329. The summed E-state index contributed by atoms with van der Waals surface area (Å²) in [5.41, 5.74) is 0.780. The van der Waals surface area contributed by atoms with E-state index in [9.17, 15) is 22.4 Å². The van der Waals surface area contributed by atoms with Crippen molar-refractivity contribution in [1.82, 2.24) is 0 Å². The van der Waals surface area contributed by atoms with Gasteiger partial charge in [0.2, 0.25) is 5.91 Å². The van der Waals surface area contributed by atoms with E-state index in [0.29, 0.717) is 15.6 Å². The highest BCUT2D eigenvalue weighted by Crippen LogP contribution is 2.65. The van der Waals surface area contributed by atoms with Gasteiger partial charge in [-0.3, -0.25) is 9.59 Å². The average molecular weight is 590 g/mol. The van der Waals surface area contributed by atoms with Crippen LogP contribution in [0.25, 0.3) is 0 Å². The Bertz CT molecular complexity index is 1460. The van der Waals surface area contributed by atoms with Gasteiger partial charge in [0.05, 0.1) is 16.4 Å². The Morgan fingerprint density at radius 3 is 2.06 bits per heavy atom. The van der Waals surface area contributed by atoms with E-state index in [-0.39, 0.29) is 21.8 Å². The van der Waals surface area contributed by atoms with E-state index < -0.39 is 43.6 Å². The normalized spacial score (nSPS) is 18.4. The summed E-state index contributed by atoms with van der Waals surface area (Å²) in [5.74, 6) is -3.25. The van der Waals surface area contributed by atoms with E-state index >= 15 is 0 Å². The minimum Gasteiger partial charge on any atom is -0.326 e. The highest BCUT2D eigenvalue weighted by molar-refractivity contribution is 7.90. The van der Waals surface area contributed by atoms with Gasteiger partial charge < -0.3 is 10.6 Å². The Morgan fingerprint density at radius 2 is 1.47 bits per heavy atom. The number of alkyl halides is 2. The summed E-state index contributed by atoms with van der Waals surface area (Å²) in [5, 5.41) is 5.88. The zero-order chi connectivity index (χ0) is 26.4. The van der Waals surface area contributed by atoms with Crippen LogP contribution in [-0.4, -0.2) is 30.8 Å². The number of carbonyl (C=O) groups is 2. The Hall–Kier alpha value is -2.36. The molecule has 0 heterocycles. The van der Waals surface area contributed by atoms with E-state index in [4.69, 9.17) is 46.4 Å². The van der Waals surface area contributed by atoms with Crippen LogP contribution in [0.15, 0.2) is 65.6 Å². The molecule has 0 spiro atoms. The van der Waals surface area contributed by atoms with Crippen molar-refractivity contribution in [3.63, 3.8) is 0 Å². The molecule has 0 saturated heterocycles. The maximum Gasteiger partial charge on any atom is 0.257 e. The molecular weight excluding hydrogens is 573 g/mol. The van der Waals surface area contributed by atoms with Gasteiger partial charge in [0.1, 0.15) is 10.2 Å². The van der Waals surface area contributed by atoms with Crippen LogP contribution in [0, 0.1) is 11.7 Å². The first-order chi connectivity index (χ1) is 16.8. The molecule has 1 saturated carbocycles. The molecular formula is C24H17Cl4FN2O4S. The highest BCUT2D eigenvalue weighted by atomic mass is 35.5. The van der Waals surface area contributed by atoms with Crippen molar-refractivity contribution in [1.29, 1.82) is 0 Å². The van der Waals surface area contributed by atoms with E-state index in [2.05, 4.69) is 10.6 Å². The van der Waals surface area contributed by atoms with E-state index in [1.807, 2.05) is 0 Å². The number of benzene rings is 3. The lowest BCUT2D eigenvalue weighted by Gasteiger charge is -2.12. The molecule has 1 fully saturated rings. The molecule has 0 radical (unpaired) electrons. The van der Waals surface area contributed by atoms with Crippen LogP contribution in [0.2, 0.25) is 10.0 Å². The van der Waals surface area contributed by atoms with Gasteiger partial charge in [0.15, 0.2) is 9.84 Å². The Morgan fingerprint density at radius 1 is 0.889 bits per heavy atom. The van der Waals surface area contributed by atoms with Crippen molar-refractivity contribution in [3.8, 4) is 0 Å². The van der Waals surface area contributed by atoms with E-state index in [1.54, 1.807) is 12.1 Å². The van der Waals surface area contributed by atoms with Gasteiger partial charge in [-0.25, -0.2) is 12.8 Å². The number of amides is 2. The summed E-state index contributed by atoms with van der Waals surface area (Å²) in [6.07, 6.45) is 0.954. The predicted molar refractivity (Wildman–Crippen MR) is 140 cm³/mol. The van der Waals surface area contributed by atoms with Crippen molar-refractivity contribution in [3.05, 3.63) is 87.7 Å². The standard InChI is InChI=1S/C24H17Cl4FN2O4S/c1-36(34,35)19-7-6-17(11-18(19)22(32)30-16-4-2-15(29)3-5-16)31-23(33)21-20(24(21,27)28)12-8-13(25)10-14(26)9-12/h2-11,20-21H,1H3,(H,30,32)(H,31,33)/t20-,21+/m1/s1. The number of nitrogens with one attached hydrogen (secondary N) is 2. The second kappa shape index (κ2) is 9.84. The first-order valence-corrected chi connectivity index (χ1v) is 13.7. The molecule has 36 heavy (non-hydrogen) atoms. The predicted octanol–water partition coefficient (Wildman–Crippen LogP) is 6.31. The minimum absolute atomic E-state index is 0.149. The largest absolute Gasteiger partial charge is 0.326 e. The molecule has 2 N–H and O–H groups in total. The lowest BCUT2D eigenvalue weighted by molar-refractivity contribution is -0.117. The summed E-state index contributed by atoms with van der Waals surface area (Å²) < 4.78 is 36.3. The fourth-order valence-corrected chi connectivity index (χ4v) is 6.12. The number of anilines is 2. The monoisotopic (exact) mass is 588 g/mol. The summed E-state index contributed by atoms with van der Waals surface area (Å²) in [6.45, 7) is 0. The van der Waals surface area contributed by atoms with Gasteiger partial charge in [-0.2, -0.15) is 0 Å². The topological polar surface area (TPSA) is 92.3 Å². The molecule has 6 nitrogen and oxygen atoms in total. The van der Waals surface area contributed by atoms with Crippen LogP contribution in [-0.2, 0) is 14.6 Å². The molecule has 12 heteroatoms. The number of hydrogen-bond donors (Lipinski definition) is 2. The van der Waals surface area contributed by atoms with E-state index in [0.717, 1.165) is 18.4 Å². The van der Waals surface area contributed by atoms with Crippen LogP contribution in [0.1, 0.15) is 21.8 Å². The van der Waals surface area contributed by atoms with Gasteiger partial charge in [-0.05, 0) is 66.2 Å². The lowest BCUT2D eigenvalue weighted by atomic mass is 10.1.